The molecule has 0 spiro atoms. The summed E-state index contributed by atoms with van der Waals surface area (Å²) in [5.74, 6) is 1.39. The average Bonchev–Trinajstić information content (AvgIpc) is 3.19. The molecule has 2 aromatic carbocycles. The van der Waals surface area contributed by atoms with Crippen molar-refractivity contribution < 1.29 is 9.53 Å². The van der Waals surface area contributed by atoms with Crippen molar-refractivity contribution in [2.24, 2.45) is 0 Å². The Kier molecular flexibility index (Phi) is 6.20. The molecule has 6 heteroatoms. The normalized spacial score (nSPS) is 13.2. The number of amides is 1. The molecule has 5 nitrogen and oxygen atoms in total. The van der Waals surface area contributed by atoms with Crippen LogP contribution in [0.1, 0.15) is 17.0 Å². The Morgan fingerprint density at radius 3 is 2.86 bits per heavy atom. The minimum absolute atomic E-state index is 0.155. The van der Waals surface area contributed by atoms with Gasteiger partial charge in [-0.05, 0) is 30.2 Å². The van der Waals surface area contributed by atoms with E-state index in [0.717, 1.165) is 42.3 Å². The van der Waals surface area contributed by atoms with Gasteiger partial charge in [-0.1, -0.05) is 36.4 Å². The van der Waals surface area contributed by atoms with Gasteiger partial charge in [0.05, 0.1) is 31.4 Å². The average molecular weight is 408 g/mol. The Bertz CT molecular complexity index is 971. The molecular formula is C23H25N3O2S. The fourth-order valence-corrected chi connectivity index (χ4v) is 4.44. The number of rotatable bonds is 7. The monoisotopic (exact) mass is 407 g/mol. The zero-order valence-corrected chi connectivity index (χ0v) is 17.4. The molecule has 0 saturated carbocycles. The highest BCUT2D eigenvalue weighted by Gasteiger charge is 2.24. The topological polar surface area (TPSA) is 47.4 Å². The van der Waals surface area contributed by atoms with E-state index >= 15 is 0 Å². The van der Waals surface area contributed by atoms with Gasteiger partial charge in [-0.2, -0.15) is 0 Å². The number of carbonyl (C=O) groups is 1. The maximum Gasteiger partial charge on any atom is 0.233 e. The fraction of sp³-hybridized carbons (Fsp3) is 0.304. The molecule has 1 aliphatic rings. The lowest BCUT2D eigenvalue weighted by Crippen LogP contribution is -2.37. The third-order valence-corrected chi connectivity index (χ3v) is 6.21. The maximum atomic E-state index is 12.7. The number of aromatic nitrogens is 2. The van der Waals surface area contributed by atoms with Crippen molar-refractivity contribution in [3.63, 3.8) is 0 Å². The molecule has 4 rings (SSSR count). The number of imidazole rings is 1. The second kappa shape index (κ2) is 9.18. The van der Waals surface area contributed by atoms with Gasteiger partial charge in [0, 0.05) is 30.1 Å². The lowest BCUT2D eigenvalue weighted by molar-refractivity contribution is -0.129. The highest BCUT2D eigenvalue weighted by Crippen LogP contribution is 2.24. The second-order valence-corrected chi connectivity index (χ2v) is 8.15. The van der Waals surface area contributed by atoms with E-state index in [1.54, 1.807) is 18.9 Å². The van der Waals surface area contributed by atoms with Crippen molar-refractivity contribution in [2.45, 2.75) is 30.8 Å². The highest BCUT2D eigenvalue weighted by atomic mass is 32.2. The molecule has 1 amide bonds. The van der Waals surface area contributed by atoms with Crippen LogP contribution in [-0.4, -0.2) is 39.8 Å². The molecular weight excluding hydrogens is 382 g/mol. The van der Waals surface area contributed by atoms with Gasteiger partial charge in [0.2, 0.25) is 5.91 Å². The number of thioether (sulfide) groups is 1. The van der Waals surface area contributed by atoms with Crippen molar-refractivity contribution in [1.29, 1.82) is 0 Å². The van der Waals surface area contributed by atoms with Crippen molar-refractivity contribution in [3.05, 3.63) is 77.9 Å². The number of fused-ring (bicyclic) bond motifs is 1. The second-order valence-electron chi connectivity index (χ2n) is 7.10. The molecule has 1 aliphatic heterocycles. The third kappa shape index (κ3) is 4.82. The van der Waals surface area contributed by atoms with E-state index in [0.29, 0.717) is 12.3 Å². The lowest BCUT2D eigenvalue weighted by Gasteiger charge is -2.27. The van der Waals surface area contributed by atoms with E-state index in [1.807, 2.05) is 41.6 Å². The van der Waals surface area contributed by atoms with Crippen LogP contribution >= 0.6 is 11.8 Å². The number of hydrogen-bond donors (Lipinski definition) is 0. The SMILES string of the molecule is COc1cccc(SCC(=O)N2CCc3c(ncn3CCc3ccccc3)C2)c1. The van der Waals surface area contributed by atoms with Crippen LogP contribution in [-0.2, 0) is 30.7 Å². The molecule has 0 N–H and O–H groups in total. The number of ether oxygens (including phenoxy) is 1. The smallest absolute Gasteiger partial charge is 0.233 e. The first-order valence-electron chi connectivity index (χ1n) is 9.84. The standard InChI is InChI=1S/C23H25N3O2S/c1-28-19-8-5-9-20(14-19)29-16-23(27)25-13-11-22-21(15-25)24-17-26(22)12-10-18-6-3-2-4-7-18/h2-9,14,17H,10-13,15-16H2,1H3. The van der Waals surface area contributed by atoms with Gasteiger partial charge < -0.3 is 14.2 Å². The van der Waals surface area contributed by atoms with E-state index < -0.39 is 0 Å². The van der Waals surface area contributed by atoms with Crippen molar-refractivity contribution in [2.75, 3.05) is 19.4 Å². The van der Waals surface area contributed by atoms with Gasteiger partial charge in [-0.15, -0.1) is 11.8 Å². The summed E-state index contributed by atoms with van der Waals surface area (Å²) in [6, 6.07) is 18.3. The minimum atomic E-state index is 0.155. The summed E-state index contributed by atoms with van der Waals surface area (Å²) >= 11 is 1.55. The first kappa shape index (κ1) is 19.6. The third-order valence-electron chi connectivity index (χ3n) is 5.23. The van der Waals surface area contributed by atoms with Crippen LogP contribution in [0.5, 0.6) is 5.75 Å². The van der Waals surface area contributed by atoms with E-state index in [4.69, 9.17) is 4.74 Å². The minimum Gasteiger partial charge on any atom is -0.497 e. The van der Waals surface area contributed by atoms with Crippen LogP contribution < -0.4 is 4.74 Å². The predicted octanol–water partition coefficient (Wildman–Crippen LogP) is 3.81. The Labute approximate surface area is 175 Å². The first-order chi connectivity index (χ1) is 14.2. The summed E-state index contributed by atoms with van der Waals surface area (Å²) in [6.45, 7) is 2.28. The maximum absolute atomic E-state index is 12.7. The summed E-state index contributed by atoms with van der Waals surface area (Å²) in [6.07, 6.45) is 3.77. The summed E-state index contributed by atoms with van der Waals surface area (Å²) in [4.78, 5) is 20.2. The van der Waals surface area contributed by atoms with E-state index in [9.17, 15) is 4.79 Å². The molecule has 0 aliphatic carbocycles. The van der Waals surface area contributed by atoms with Gasteiger partial charge in [0.1, 0.15) is 5.75 Å². The van der Waals surface area contributed by atoms with Gasteiger partial charge >= 0.3 is 0 Å². The van der Waals surface area contributed by atoms with Crippen molar-refractivity contribution >= 4 is 17.7 Å². The number of methoxy groups -OCH3 is 1. The molecule has 2 heterocycles. The van der Waals surface area contributed by atoms with Crippen LogP contribution in [0.3, 0.4) is 0 Å². The number of aryl methyl sites for hydroxylation is 2. The van der Waals surface area contributed by atoms with Crippen LogP contribution in [0.25, 0.3) is 0 Å². The predicted molar refractivity (Wildman–Crippen MR) is 115 cm³/mol. The molecule has 0 radical (unpaired) electrons. The quantitative estimate of drug-likeness (QED) is 0.559. The molecule has 29 heavy (non-hydrogen) atoms. The van der Waals surface area contributed by atoms with E-state index in [-0.39, 0.29) is 5.91 Å². The molecule has 0 bridgehead atoms. The molecule has 0 atom stereocenters. The number of hydrogen-bond acceptors (Lipinski definition) is 4. The molecule has 0 fully saturated rings. The Morgan fingerprint density at radius 2 is 2.03 bits per heavy atom. The largest absolute Gasteiger partial charge is 0.497 e. The van der Waals surface area contributed by atoms with Gasteiger partial charge in [-0.3, -0.25) is 4.79 Å². The van der Waals surface area contributed by atoms with Gasteiger partial charge in [0.25, 0.3) is 0 Å². The molecule has 3 aromatic rings. The van der Waals surface area contributed by atoms with E-state index in [1.165, 1.54) is 11.3 Å². The summed E-state index contributed by atoms with van der Waals surface area (Å²) < 4.78 is 7.49. The fourth-order valence-electron chi connectivity index (χ4n) is 3.60. The molecule has 0 unspecified atom stereocenters. The zero-order valence-electron chi connectivity index (χ0n) is 16.6. The first-order valence-corrected chi connectivity index (χ1v) is 10.8. The molecule has 1 aromatic heterocycles. The Hall–Kier alpha value is -2.73. The Morgan fingerprint density at radius 1 is 1.17 bits per heavy atom. The number of nitrogens with zero attached hydrogens (tertiary/aromatic N) is 3. The lowest BCUT2D eigenvalue weighted by atomic mass is 10.1. The summed E-state index contributed by atoms with van der Waals surface area (Å²) in [5.41, 5.74) is 3.63. The molecule has 150 valence electrons. The zero-order chi connectivity index (χ0) is 20.1. The van der Waals surface area contributed by atoms with E-state index in [2.05, 4.69) is 33.8 Å². The van der Waals surface area contributed by atoms with Crippen LogP contribution in [0.2, 0.25) is 0 Å². The Balaban J connectivity index is 1.32. The van der Waals surface area contributed by atoms with Crippen LogP contribution in [0.15, 0.2) is 65.8 Å². The van der Waals surface area contributed by atoms with Crippen molar-refractivity contribution in [3.8, 4) is 5.75 Å². The summed E-state index contributed by atoms with van der Waals surface area (Å²) in [7, 11) is 1.65. The van der Waals surface area contributed by atoms with Crippen molar-refractivity contribution in [1.82, 2.24) is 14.5 Å². The number of carbonyl (C=O) groups excluding carboxylic acids is 1. The highest BCUT2D eigenvalue weighted by molar-refractivity contribution is 8.00. The molecule has 0 saturated heterocycles. The van der Waals surface area contributed by atoms with Crippen LogP contribution in [0, 0.1) is 0 Å². The van der Waals surface area contributed by atoms with Gasteiger partial charge in [-0.25, -0.2) is 4.98 Å². The summed E-state index contributed by atoms with van der Waals surface area (Å²) in [5, 5.41) is 0. The van der Waals surface area contributed by atoms with Gasteiger partial charge in [0.15, 0.2) is 0 Å². The van der Waals surface area contributed by atoms with Crippen LogP contribution in [0.4, 0.5) is 0 Å². The number of benzene rings is 2.